The van der Waals surface area contributed by atoms with E-state index in [2.05, 4.69) is 20.8 Å². The summed E-state index contributed by atoms with van der Waals surface area (Å²) in [6, 6.07) is 4.60. The summed E-state index contributed by atoms with van der Waals surface area (Å²) < 4.78 is 23.8. The molecule has 1 aliphatic rings. The van der Waals surface area contributed by atoms with E-state index in [1.54, 1.807) is 13.2 Å². The van der Waals surface area contributed by atoms with E-state index >= 15 is 0 Å². The molecule has 160 valence electrons. The molecule has 0 bridgehead atoms. The highest BCUT2D eigenvalue weighted by molar-refractivity contribution is 7.90. The maximum Gasteiger partial charge on any atom is 0.233 e. The Hall–Kier alpha value is -2.49. The molecule has 2 N–H and O–H groups in total. The van der Waals surface area contributed by atoms with Crippen LogP contribution in [0.5, 0.6) is 0 Å². The van der Waals surface area contributed by atoms with Crippen molar-refractivity contribution in [2.24, 2.45) is 0 Å². The third kappa shape index (κ3) is 5.35. The van der Waals surface area contributed by atoms with Crippen molar-refractivity contribution in [2.75, 3.05) is 18.7 Å². The Labute approximate surface area is 180 Å². The van der Waals surface area contributed by atoms with Crippen molar-refractivity contribution in [2.45, 2.75) is 36.5 Å². The number of sulfone groups is 1. The number of hydroxylamine groups is 1. The molecule has 10 heteroatoms. The number of hydrogen-bond donors (Lipinski definition) is 2. The van der Waals surface area contributed by atoms with Gasteiger partial charge in [0.2, 0.25) is 5.91 Å². The number of carbonyl (C=O) groups is 1. The maximum atomic E-state index is 13.1. The van der Waals surface area contributed by atoms with E-state index in [-0.39, 0.29) is 15.8 Å². The van der Waals surface area contributed by atoms with Crippen LogP contribution in [0.15, 0.2) is 53.0 Å². The lowest BCUT2D eigenvalue weighted by molar-refractivity contribution is -0.117. The number of aromatic nitrogens is 2. The van der Waals surface area contributed by atoms with Crippen LogP contribution < -0.4 is 10.8 Å². The molecular formula is C20H23ClN4O4S. The molecule has 0 aliphatic heterocycles. The number of halogens is 1. The van der Waals surface area contributed by atoms with Crippen LogP contribution in [0.3, 0.4) is 0 Å². The van der Waals surface area contributed by atoms with E-state index in [9.17, 15) is 13.2 Å². The first-order valence-electron chi connectivity index (χ1n) is 9.36. The number of anilines is 1. The summed E-state index contributed by atoms with van der Waals surface area (Å²) in [7, 11) is -1.92. The molecule has 1 aromatic heterocycles. The summed E-state index contributed by atoms with van der Waals surface area (Å²) >= 11 is 6.24. The second-order valence-electron chi connectivity index (χ2n) is 7.04. The average molecular weight is 451 g/mol. The van der Waals surface area contributed by atoms with Gasteiger partial charge in [-0.05, 0) is 49.0 Å². The molecule has 1 aromatic carbocycles. The summed E-state index contributed by atoms with van der Waals surface area (Å²) in [5.41, 5.74) is 5.57. The zero-order valence-electron chi connectivity index (χ0n) is 16.7. The minimum absolute atomic E-state index is 0.0304. The van der Waals surface area contributed by atoms with E-state index in [1.165, 1.54) is 30.7 Å². The van der Waals surface area contributed by atoms with Gasteiger partial charge in [0.1, 0.15) is 0 Å². The zero-order chi connectivity index (χ0) is 21.7. The van der Waals surface area contributed by atoms with Crippen LogP contribution in [0.4, 0.5) is 5.82 Å². The Morgan fingerprint density at radius 1 is 1.30 bits per heavy atom. The lowest BCUT2D eigenvalue weighted by atomic mass is 9.90. The Morgan fingerprint density at radius 3 is 2.73 bits per heavy atom. The van der Waals surface area contributed by atoms with Gasteiger partial charge in [-0.1, -0.05) is 17.7 Å². The molecule has 0 radical (unpaired) electrons. The number of rotatable bonds is 8. The van der Waals surface area contributed by atoms with E-state index < -0.39 is 15.8 Å². The molecule has 1 unspecified atom stereocenters. The molecule has 30 heavy (non-hydrogen) atoms. The van der Waals surface area contributed by atoms with E-state index in [0.717, 1.165) is 36.8 Å². The molecule has 1 atom stereocenters. The fourth-order valence-corrected chi connectivity index (χ4v) is 4.84. The third-order valence-corrected chi connectivity index (χ3v) is 6.48. The van der Waals surface area contributed by atoms with Crippen LogP contribution in [0.1, 0.15) is 37.2 Å². The molecule has 0 saturated heterocycles. The number of allylic oxidation sites excluding steroid dienone is 2. The largest absolute Gasteiger partial charge is 0.309 e. The molecule has 1 amide bonds. The maximum absolute atomic E-state index is 13.1. The summed E-state index contributed by atoms with van der Waals surface area (Å²) in [6.07, 6.45) is 8.65. The van der Waals surface area contributed by atoms with Gasteiger partial charge in [0.05, 0.1) is 29.1 Å². The highest BCUT2D eigenvalue weighted by Gasteiger charge is 2.27. The lowest BCUT2D eigenvalue weighted by Gasteiger charge is -2.19. The minimum Gasteiger partial charge on any atom is -0.309 e. The molecule has 0 fully saturated rings. The van der Waals surface area contributed by atoms with Crippen molar-refractivity contribution in [3.63, 3.8) is 0 Å². The number of nitrogens with zero attached hydrogens (tertiary/aromatic N) is 2. The second-order valence-corrected chi connectivity index (χ2v) is 9.43. The smallest absolute Gasteiger partial charge is 0.233 e. The monoisotopic (exact) mass is 450 g/mol. The Bertz CT molecular complexity index is 1060. The standard InChI is InChI=1S/C20H23ClN4O4S/c1-29-25-17-5-3-4-14(17)10-15(20(26)24-19-12-22-8-9-23-19)13-6-7-18(16(21)11-13)30(2,27)28/h6-9,11-12,15,25H,3-5,10H2,1-2H3,(H,23,24,26). The van der Waals surface area contributed by atoms with Crippen LogP contribution in [0.2, 0.25) is 5.02 Å². The fourth-order valence-electron chi connectivity index (χ4n) is 3.50. The SMILES string of the molecule is CONC1=C(CC(C(=O)Nc2cnccn2)c2ccc(S(C)(=O)=O)c(Cl)c2)CCC1. The van der Waals surface area contributed by atoms with Crippen LogP contribution in [0.25, 0.3) is 0 Å². The second kappa shape index (κ2) is 9.55. The van der Waals surface area contributed by atoms with Gasteiger partial charge in [-0.15, -0.1) is 0 Å². The number of nitrogens with one attached hydrogen (secondary N) is 2. The Morgan fingerprint density at radius 2 is 2.10 bits per heavy atom. The van der Waals surface area contributed by atoms with Crippen LogP contribution >= 0.6 is 11.6 Å². The predicted octanol–water partition coefficient (Wildman–Crippen LogP) is 3.23. The summed E-state index contributed by atoms with van der Waals surface area (Å²) in [5, 5.41) is 2.86. The molecule has 1 heterocycles. The van der Waals surface area contributed by atoms with Gasteiger partial charge in [0.15, 0.2) is 15.7 Å². The van der Waals surface area contributed by atoms with E-state index in [1.807, 2.05) is 0 Å². The Balaban J connectivity index is 1.96. The summed E-state index contributed by atoms with van der Waals surface area (Å²) in [6.45, 7) is 0. The predicted molar refractivity (Wildman–Crippen MR) is 114 cm³/mol. The van der Waals surface area contributed by atoms with Crippen molar-refractivity contribution in [1.29, 1.82) is 0 Å². The van der Waals surface area contributed by atoms with Crippen LogP contribution in [-0.4, -0.2) is 37.7 Å². The topological polar surface area (TPSA) is 110 Å². The number of benzene rings is 1. The van der Waals surface area contributed by atoms with Crippen LogP contribution in [0, 0.1) is 0 Å². The van der Waals surface area contributed by atoms with Gasteiger partial charge in [0.25, 0.3) is 0 Å². The number of hydrogen-bond acceptors (Lipinski definition) is 7. The number of amides is 1. The zero-order valence-corrected chi connectivity index (χ0v) is 18.3. The van der Waals surface area contributed by atoms with Crippen molar-refractivity contribution >= 4 is 33.2 Å². The third-order valence-electron chi connectivity index (χ3n) is 4.90. The first-order valence-corrected chi connectivity index (χ1v) is 11.6. The van der Waals surface area contributed by atoms with Gasteiger partial charge in [-0.25, -0.2) is 13.4 Å². The molecule has 2 aromatic rings. The van der Waals surface area contributed by atoms with Gasteiger partial charge in [0, 0.05) is 24.3 Å². The average Bonchev–Trinajstić information content (AvgIpc) is 3.13. The van der Waals surface area contributed by atoms with Gasteiger partial charge >= 0.3 is 0 Å². The Kier molecular flexibility index (Phi) is 7.06. The quantitative estimate of drug-likeness (QED) is 0.594. The highest BCUT2D eigenvalue weighted by atomic mass is 35.5. The first kappa shape index (κ1) is 22.2. The minimum atomic E-state index is -3.47. The van der Waals surface area contributed by atoms with E-state index in [4.69, 9.17) is 16.4 Å². The van der Waals surface area contributed by atoms with Crippen molar-refractivity contribution in [1.82, 2.24) is 15.4 Å². The fraction of sp³-hybridized carbons (Fsp3) is 0.350. The first-order chi connectivity index (χ1) is 14.3. The summed E-state index contributed by atoms with van der Waals surface area (Å²) in [4.78, 5) is 26.3. The normalized spacial score (nSPS) is 15.2. The molecule has 8 nitrogen and oxygen atoms in total. The van der Waals surface area contributed by atoms with Crippen LogP contribution in [-0.2, 0) is 19.5 Å². The summed E-state index contributed by atoms with van der Waals surface area (Å²) in [5.74, 6) is -0.545. The van der Waals surface area contributed by atoms with E-state index in [0.29, 0.717) is 17.8 Å². The molecule has 0 saturated carbocycles. The van der Waals surface area contributed by atoms with Gasteiger partial charge in [-0.2, -0.15) is 0 Å². The number of carbonyl (C=O) groups excluding carboxylic acids is 1. The highest BCUT2D eigenvalue weighted by Crippen LogP contribution is 2.35. The molecule has 3 rings (SSSR count). The van der Waals surface area contributed by atoms with Crippen molar-refractivity contribution < 1.29 is 18.0 Å². The molecule has 0 spiro atoms. The van der Waals surface area contributed by atoms with Gasteiger partial charge < -0.3 is 5.32 Å². The lowest BCUT2D eigenvalue weighted by Crippen LogP contribution is -2.23. The van der Waals surface area contributed by atoms with Gasteiger partial charge in [-0.3, -0.25) is 20.1 Å². The molecule has 1 aliphatic carbocycles. The van der Waals surface area contributed by atoms with Crippen molar-refractivity contribution in [3.8, 4) is 0 Å². The molecular weight excluding hydrogens is 428 g/mol. The van der Waals surface area contributed by atoms with Crippen molar-refractivity contribution in [3.05, 3.63) is 58.6 Å².